The molecule has 0 radical (unpaired) electrons. The summed E-state index contributed by atoms with van der Waals surface area (Å²) in [7, 11) is 3.18. The molecule has 1 amide bonds. The Bertz CT molecular complexity index is 375. The lowest BCUT2D eigenvalue weighted by Crippen LogP contribution is -2.36. The third-order valence-corrected chi connectivity index (χ3v) is 2.74. The summed E-state index contributed by atoms with van der Waals surface area (Å²) < 4.78 is 10.1. The van der Waals surface area contributed by atoms with E-state index in [2.05, 4.69) is 10.6 Å². The van der Waals surface area contributed by atoms with E-state index in [1.54, 1.807) is 14.2 Å². The zero-order chi connectivity index (χ0) is 14.1. The fourth-order valence-electron chi connectivity index (χ4n) is 1.55. The highest BCUT2D eigenvalue weighted by Crippen LogP contribution is 2.02. The van der Waals surface area contributed by atoms with Crippen molar-refractivity contribution >= 4 is 5.91 Å². The fraction of sp³-hybridized carbons (Fsp3) is 0.500. The largest absolute Gasteiger partial charge is 0.355 e. The average molecular weight is 266 g/mol. The number of aryl methyl sites for hydroxylation is 1. The second-order valence-electron chi connectivity index (χ2n) is 4.23. The summed E-state index contributed by atoms with van der Waals surface area (Å²) in [5.41, 5.74) is 1.82. The molecule has 5 heteroatoms. The number of carbonyl (C=O) groups is 1. The molecule has 1 aromatic carbocycles. The molecule has 0 saturated carbocycles. The summed E-state index contributed by atoms with van der Waals surface area (Å²) in [5.74, 6) is -0.0585. The monoisotopic (exact) mass is 266 g/mol. The first-order valence-electron chi connectivity index (χ1n) is 6.28. The minimum absolute atomic E-state index is 0.0585. The first-order valence-corrected chi connectivity index (χ1v) is 6.28. The van der Waals surface area contributed by atoms with Crippen LogP contribution in [0, 0.1) is 6.92 Å². The predicted octanol–water partition coefficient (Wildman–Crippen LogP) is 0.933. The van der Waals surface area contributed by atoms with Crippen LogP contribution < -0.4 is 10.6 Å². The van der Waals surface area contributed by atoms with Gasteiger partial charge in [-0.2, -0.15) is 0 Å². The molecule has 0 atom stereocenters. The van der Waals surface area contributed by atoms with E-state index < -0.39 is 0 Å². The van der Waals surface area contributed by atoms with Crippen molar-refractivity contribution in [3.8, 4) is 0 Å². The Kier molecular flexibility index (Phi) is 7.10. The summed E-state index contributed by atoms with van der Waals surface area (Å²) in [6.45, 7) is 3.81. The number of hydrogen-bond donors (Lipinski definition) is 2. The zero-order valence-corrected chi connectivity index (χ0v) is 11.7. The average Bonchev–Trinajstić information content (AvgIpc) is 2.43. The molecule has 0 aliphatic rings. The van der Waals surface area contributed by atoms with Gasteiger partial charge in [0.25, 0.3) is 5.91 Å². The quantitative estimate of drug-likeness (QED) is 0.543. The van der Waals surface area contributed by atoms with Gasteiger partial charge in [0.2, 0.25) is 0 Å². The lowest BCUT2D eigenvalue weighted by atomic mass is 10.1. The number of amides is 1. The van der Waals surface area contributed by atoms with Crippen LogP contribution in [0.3, 0.4) is 0 Å². The Hall–Kier alpha value is -1.43. The van der Waals surface area contributed by atoms with Crippen molar-refractivity contribution in [2.75, 3.05) is 33.9 Å². The predicted molar refractivity (Wildman–Crippen MR) is 74.2 cm³/mol. The maximum absolute atomic E-state index is 11.8. The van der Waals surface area contributed by atoms with Gasteiger partial charge in [-0.05, 0) is 19.1 Å². The van der Waals surface area contributed by atoms with Crippen molar-refractivity contribution in [3.63, 3.8) is 0 Å². The molecular formula is C14H22N2O3. The molecule has 106 valence electrons. The van der Waals surface area contributed by atoms with Gasteiger partial charge >= 0.3 is 0 Å². The van der Waals surface area contributed by atoms with E-state index in [0.717, 1.165) is 5.56 Å². The Morgan fingerprint density at radius 2 is 1.79 bits per heavy atom. The first kappa shape index (κ1) is 15.6. The number of nitrogens with one attached hydrogen (secondary N) is 2. The molecule has 1 aromatic rings. The molecule has 0 saturated heterocycles. The van der Waals surface area contributed by atoms with E-state index in [0.29, 0.717) is 25.2 Å². The molecule has 5 nitrogen and oxygen atoms in total. The Balaban J connectivity index is 2.19. The molecule has 0 heterocycles. The molecule has 0 aliphatic carbocycles. The van der Waals surface area contributed by atoms with Gasteiger partial charge in [-0.25, -0.2) is 0 Å². The van der Waals surface area contributed by atoms with Crippen LogP contribution >= 0.6 is 0 Å². The molecule has 0 aromatic heterocycles. The molecule has 0 fully saturated rings. The van der Waals surface area contributed by atoms with Crippen molar-refractivity contribution in [1.29, 1.82) is 0 Å². The smallest absolute Gasteiger partial charge is 0.251 e. The lowest BCUT2D eigenvalue weighted by molar-refractivity contribution is -0.0985. The zero-order valence-electron chi connectivity index (χ0n) is 11.7. The summed E-state index contributed by atoms with van der Waals surface area (Å²) >= 11 is 0. The highest BCUT2D eigenvalue weighted by molar-refractivity contribution is 5.94. The third-order valence-electron chi connectivity index (χ3n) is 2.74. The van der Waals surface area contributed by atoms with Gasteiger partial charge in [0.1, 0.15) is 0 Å². The van der Waals surface area contributed by atoms with Gasteiger partial charge in [0.15, 0.2) is 6.29 Å². The van der Waals surface area contributed by atoms with Crippen molar-refractivity contribution in [1.82, 2.24) is 10.6 Å². The lowest BCUT2D eigenvalue weighted by Gasteiger charge is -2.14. The summed E-state index contributed by atoms with van der Waals surface area (Å²) in [5, 5.41) is 5.98. The highest BCUT2D eigenvalue weighted by Gasteiger charge is 2.05. The molecule has 0 aliphatic heterocycles. The molecule has 19 heavy (non-hydrogen) atoms. The van der Waals surface area contributed by atoms with E-state index in [-0.39, 0.29) is 12.2 Å². The maximum Gasteiger partial charge on any atom is 0.251 e. The minimum Gasteiger partial charge on any atom is -0.355 e. The maximum atomic E-state index is 11.8. The van der Waals surface area contributed by atoms with Crippen LogP contribution in [0.4, 0.5) is 0 Å². The van der Waals surface area contributed by atoms with E-state index in [1.807, 2.05) is 31.2 Å². The van der Waals surface area contributed by atoms with E-state index in [1.165, 1.54) is 0 Å². The van der Waals surface area contributed by atoms with E-state index >= 15 is 0 Å². The molecular weight excluding hydrogens is 244 g/mol. The topological polar surface area (TPSA) is 59.6 Å². The van der Waals surface area contributed by atoms with Gasteiger partial charge in [-0.3, -0.25) is 4.79 Å². The van der Waals surface area contributed by atoms with Gasteiger partial charge in [0, 0.05) is 39.4 Å². The second kappa shape index (κ2) is 8.63. The standard InChI is InChI=1S/C14H22N2O3/c1-11-4-6-12(7-5-11)14(17)16-9-8-15-10-13(18-2)19-3/h4-7,13,15H,8-10H2,1-3H3,(H,16,17). The van der Waals surface area contributed by atoms with Crippen LogP contribution in [-0.4, -0.2) is 46.1 Å². The number of ether oxygens (including phenoxy) is 2. The Morgan fingerprint density at radius 3 is 2.37 bits per heavy atom. The van der Waals surface area contributed by atoms with Crippen LogP contribution in [0.25, 0.3) is 0 Å². The number of rotatable bonds is 8. The fourth-order valence-corrected chi connectivity index (χ4v) is 1.55. The van der Waals surface area contributed by atoms with Gasteiger partial charge in [0.05, 0.1) is 0 Å². The van der Waals surface area contributed by atoms with Crippen LogP contribution in [0.15, 0.2) is 24.3 Å². The van der Waals surface area contributed by atoms with Crippen molar-refractivity contribution < 1.29 is 14.3 Å². The SMILES string of the molecule is COC(CNCCNC(=O)c1ccc(C)cc1)OC. The van der Waals surface area contributed by atoms with Crippen molar-refractivity contribution in [3.05, 3.63) is 35.4 Å². The second-order valence-corrected chi connectivity index (χ2v) is 4.23. The van der Waals surface area contributed by atoms with Crippen molar-refractivity contribution in [2.24, 2.45) is 0 Å². The summed E-state index contributed by atoms with van der Waals surface area (Å²) in [4.78, 5) is 11.8. The van der Waals surface area contributed by atoms with E-state index in [4.69, 9.17) is 9.47 Å². The van der Waals surface area contributed by atoms with Crippen molar-refractivity contribution in [2.45, 2.75) is 13.2 Å². The molecule has 1 rings (SSSR count). The number of hydrogen-bond acceptors (Lipinski definition) is 4. The van der Waals surface area contributed by atoms with Gasteiger partial charge in [-0.15, -0.1) is 0 Å². The van der Waals surface area contributed by atoms with E-state index in [9.17, 15) is 4.79 Å². The minimum atomic E-state index is -0.257. The van der Waals surface area contributed by atoms with Crippen LogP contribution in [0.1, 0.15) is 15.9 Å². The Morgan fingerprint density at radius 1 is 1.16 bits per heavy atom. The Labute approximate surface area is 114 Å². The molecule has 0 spiro atoms. The van der Waals surface area contributed by atoms with Crippen LogP contribution in [0.5, 0.6) is 0 Å². The van der Waals surface area contributed by atoms with Gasteiger partial charge in [-0.1, -0.05) is 17.7 Å². The first-order chi connectivity index (χ1) is 9.17. The van der Waals surface area contributed by atoms with Crippen LogP contribution in [0.2, 0.25) is 0 Å². The summed E-state index contributed by atoms with van der Waals surface area (Å²) in [6.07, 6.45) is -0.257. The summed E-state index contributed by atoms with van der Waals surface area (Å²) in [6, 6.07) is 7.50. The molecule has 0 bridgehead atoms. The van der Waals surface area contributed by atoms with Crippen LogP contribution in [-0.2, 0) is 9.47 Å². The number of methoxy groups -OCH3 is 2. The number of carbonyl (C=O) groups excluding carboxylic acids is 1. The molecule has 2 N–H and O–H groups in total. The number of benzene rings is 1. The molecule has 0 unspecified atom stereocenters. The third kappa shape index (κ3) is 5.83. The normalized spacial score (nSPS) is 10.7. The highest BCUT2D eigenvalue weighted by atomic mass is 16.7. The van der Waals surface area contributed by atoms with Gasteiger partial charge < -0.3 is 20.1 Å².